The highest BCUT2D eigenvalue weighted by Crippen LogP contribution is 2.58. The number of carbonyl (C=O) groups excluding carboxylic acids is 1. The number of ether oxygens (including phenoxy) is 1. The molecule has 1 aromatic rings. The Kier molecular flexibility index (Phi) is 2.62. The summed E-state index contributed by atoms with van der Waals surface area (Å²) in [6.07, 6.45) is 1.35. The lowest BCUT2D eigenvalue weighted by Gasteiger charge is -2.69. The van der Waals surface area contributed by atoms with Crippen LogP contribution in [0.5, 0.6) is 5.75 Å². The van der Waals surface area contributed by atoms with Crippen LogP contribution in [-0.4, -0.2) is 28.2 Å². The van der Waals surface area contributed by atoms with E-state index in [-0.39, 0.29) is 23.4 Å². The number of benzene rings is 1. The first kappa shape index (κ1) is 13.4. The minimum atomic E-state index is -0.739. The highest BCUT2D eigenvalue weighted by molar-refractivity contribution is 6.30. The van der Waals surface area contributed by atoms with Crippen molar-refractivity contribution in [1.29, 1.82) is 0 Å². The molecule has 2 atom stereocenters. The molecule has 1 amide bonds. The Morgan fingerprint density at radius 3 is 2.81 bits per heavy atom. The molecular weight excluding hydrogens is 292 g/mol. The standard InChI is InChI=1S/C15H17ClN2O3/c16-8-1-2-11-9(3-8)10(19)4-12(21-11)13(20)18-15-5-14(17,6-15)7-15/h1-3,10,12,19H,4-7,17H2,(H,18,20). The van der Waals surface area contributed by atoms with Crippen molar-refractivity contribution in [2.24, 2.45) is 5.73 Å². The molecule has 1 aromatic carbocycles. The normalized spacial score (nSPS) is 39.4. The molecule has 0 radical (unpaired) electrons. The number of aliphatic hydroxyl groups is 1. The maximum Gasteiger partial charge on any atom is 0.261 e. The summed E-state index contributed by atoms with van der Waals surface area (Å²) in [5, 5.41) is 13.8. The Morgan fingerprint density at radius 2 is 2.14 bits per heavy atom. The second-order valence-electron chi connectivity index (χ2n) is 6.70. The third-order valence-corrected chi connectivity index (χ3v) is 5.02. The maximum atomic E-state index is 12.3. The average molecular weight is 309 g/mol. The number of carbonyl (C=O) groups is 1. The summed E-state index contributed by atoms with van der Waals surface area (Å²) in [7, 11) is 0. The van der Waals surface area contributed by atoms with E-state index in [9.17, 15) is 9.90 Å². The van der Waals surface area contributed by atoms with Gasteiger partial charge in [0.2, 0.25) is 0 Å². The van der Waals surface area contributed by atoms with Crippen LogP contribution in [0.25, 0.3) is 0 Å². The number of amides is 1. The summed E-state index contributed by atoms with van der Waals surface area (Å²) in [6, 6.07) is 5.05. The van der Waals surface area contributed by atoms with E-state index in [1.807, 2.05) is 0 Å². The molecule has 3 aliphatic carbocycles. The van der Waals surface area contributed by atoms with E-state index in [1.165, 1.54) is 0 Å². The molecule has 2 bridgehead atoms. The van der Waals surface area contributed by atoms with Gasteiger partial charge in [-0.25, -0.2) is 0 Å². The second-order valence-corrected chi connectivity index (χ2v) is 7.14. The van der Waals surface area contributed by atoms with Crippen molar-refractivity contribution in [3.8, 4) is 5.75 Å². The summed E-state index contributed by atoms with van der Waals surface area (Å²) in [5.74, 6) is 0.350. The first-order valence-corrected chi connectivity index (χ1v) is 7.51. The third-order valence-electron chi connectivity index (χ3n) is 4.79. The zero-order valence-electron chi connectivity index (χ0n) is 11.4. The number of hydrogen-bond donors (Lipinski definition) is 3. The zero-order valence-corrected chi connectivity index (χ0v) is 12.2. The maximum absolute atomic E-state index is 12.3. The van der Waals surface area contributed by atoms with E-state index >= 15 is 0 Å². The topological polar surface area (TPSA) is 84.6 Å². The van der Waals surface area contributed by atoms with E-state index in [2.05, 4.69) is 5.32 Å². The SMILES string of the molecule is NC12CC(NC(=O)C3CC(O)c4cc(Cl)ccc4O3)(C1)C2. The van der Waals surface area contributed by atoms with Gasteiger partial charge in [0, 0.05) is 28.1 Å². The number of rotatable bonds is 2. The van der Waals surface area contributed by atoms with Gasteiger partial charge in [-0.15, -0.1) is 0 Å². The number of halogens is 1. The largest absolute Gasteiger partial charge is 0.480 e. The molecule has 4 aliphatic rings. The van der Waals surface area contributed by atoms with Gasteiger partial charge < -0.3 is 20.9 Å². The molecule has 21 heavy (non-hydrogen) atoms. The first-order chi connectivity index (χ1) is 9.88. The number of aliphatic hydroxyl groups excluding tert-OH is 1. The molecule has 1 heterocycles. The van der Waals surface area contributed by atoms with Crippen LogP contribution in [0.4, 0.5) is 0 Å². The molecule has 4 N–H and O–H groups in total. The van der Waals surface area contributed by atoms with E-state index in [0.29, 0.717) is 16.3 Å². The molecule has 0 spiro atoms. The predicted molar refractivity (Wildman–Crippen MR) is 77.1 cm³/mol. The molecule has 6 heteroatoms. The predicted octanol–water partition coefficient (Wildman–Crippen LogP) is 1.27. The van der Waals surface area contributed by atoms with Gasteiger partial charge in [0.1, 0.15) is 5.75 Å². The van der Waals surface area contributed by atoms with Crippen molar-refractivity contribution in [3.63, 3.8) is 0 Å². The lowest BCUT2D eigenvalue weighted by Crippen LogP contribution is -2.82. The van der Waals surface area contributed by atoms with Crippen LogP contribution < -0.4 is 15.8 Å². The van der Waals surface area contributed by atoms with Gasteiger partial charge in [0.15, 0.2) is 6.10 Å². The fraction of sp³-hybridized carbons (Fsp3) is 0.533. The Labute approximate surface area is 127 Å². The van der Waals surface area contributed by atoms with Crippen molar-refractivity contribution in [1.82, 2.24) is 5.32 Å². The van der Waals surface area contributed by atoms with Gasteiger partial charge >= 0.3 is 0 Å². The first-order valence-electron chi connectivity index (χ1n) is 7.13. The molecule has 1 aliphatic heterocycles. The highest BCUT2D eigenvalue weighted by Gasteiger charge is 2.66. The second kappa shape index (κ2) is 4.12. The van der Waals surface area contributed by atoms with Crippen LogP contribution in [0.3, 0.4) is 0 Å². The Bertz CT molecular complexity index is 614. The van der Waals surface area contributed by atoms with E-state index < -0.39 is 12.2 Å². The van der Waals surface area contributed by atoms with E-state index in [1.54, 1.807) is 18.2 Å². The van der Waals surface area contributed by atoms with Crippen molar-refractivity contribution < 1.29 is 14.6 Å². The van der Waals surface area contributed by atoms with Gasteiger partial charge in [0.25, 0.3) is 5.91 Å². The Balaban J connectivity index is 1.47. The van der Waals surface area contributed by atoms with Gasteiger partial charge in [-0.2, -0.15) is 0 Å². The zero-order chi connectivity index (χ0) is 14.8. The number of nitrogens with two attached hydrogens (primary N) is 1. The Morgan fingerprint density at radius 1 is 1.43 bits per heavy atom. The summed E-state index contributed by atoms with van der Waals surface area (Å²) in [6.45, 7) is 0. The summed E-state index contributed by atoms with van der Waals surface area (Å²) in [4.78, 5) is 12.3. The fourth-order valence-electron chi connectivity index (χ4n) is 3.92. The quantitative estimate of drug-likeness (QED) is 0.768. The number of hydrogen-bond acceptors (Lipinski definition) is 4. The van der Waals surface area contributed by atoms with E-state index in [0.717, 1.165) is 19.3 Å². The third kappa shape index (κ3) is 2.03. The molecular formula is C15H17ClN2O3. The fourth-order valence-corrected chi connectivity index (χ4v) is 4.10. The van der Waals surface area contributed by atoms with Crippen LogP contribution in [-0.2, 0) is 4.79 Å². The lowest BCUT2D eigenvalue weighted by molar-refractivity contribution is -0.144. The van der Waals surface area contributed by atoms with Crippen molar-refractivity contribution in [2.45, 2.75) is 49.0 Å². The number of fused-ring (bicyclic) bond motifs is 1. The summed E-state index contributed by atoms with van der Waals surface area (Å²) < 4.78 is 5.71. The van der Waals surface area contributed by atoms with Crippen LogP contribution in [0.2, 0.25) is 5.02 Å². The summed E-state index contributed by atoms with van der Waals surface area (Å²) in [5.41, 5.74) is 6.45. The van der Waals surface area contributed by atoms with Crippen LogP contribution >= 0.6 is 11.6 Å². The van der Waals surface area contributed by atoms with Gasteiger partial charge in [-0.3, -0.25) is 4.79 Å². The van der Waals surface area contributed by atoms with Crippen LogP contribution in [0, 0.1) is 0 Å². The van der Waals surface area contributed by atoms with Gasteiger partial charge in [-0.05, 0) is 37.5 Å². The van der Waals surface area contributed by atoms with Gasteiger partial charge in [0.05, 0.1) is 6.10 Å². The van der Waals surface area contributed by atoms with Crippen molar-refractivity contribution >= 4 is 17.5 Å². The smallest absolute Gasteiger partial charge is 0.261 e. The lowest BCUT2D eigenvalue weighted by atomic mass is 9.44. The average Bonchev–Trinajstić information content (AvgIpc) is 2.36. The molecule has 2 unspecified atom stereocenters. The molecule has 5 nitrogen and oxygen atoms in total. The monoisotopic (exact) mass is 308 g/mol. The van der Waals surface area contributed by atoms with Crippen molar-refractivity contribution in [2.75, 3.05) is 0 Å². The van der Waals surface area contributed by atoms with Crippen molar-refractivity contribution in [3.05, 3.63) is 28.8 Å². The summed E-state index contributed by atoms with van der Waals surface area (Å²) >= 11 is 5.91. The molecule has 0 saturated heterocycles. The van der Waals surface area contributed by atoms with Crippen LogP contribution in [0.15, 0.2) is 18.2 Å². The Hall–Kier alpha value is -1.30. The highest BCUT2D eigenvalue weighted by atomic mass is 35.5. The minimum Gasteiger partial charge on any atom is -0.480 e. The molecule has 0 aromatic heterocycles. The van der Waals surface area contributed by atoms with Crippen LogP contribution in [0.1, 0.15) is 37.4 Å². The number of nitrogens with one attached hydrogen (secondary N) is 1. The van der Waals surface area contributed by atoms with E-state index in [4.69, 9.17) is 22.1 Å². The molecule has 3 saturated carbocycles. The van der Waals surface area contributed by atoms with Gasteiger partial charge in [-0.1, -0.05) is 11.6 Å². The molecule has 5 rings (SSSR count). The molecule has 3 fully saturated rings. The minimum absolute atomic E-state index is 0.0520. The molecule has 112 valence electrons.